The molecule has 0 saturated heterocycles. The second-order valence-corrected chi connectivity index (χ2v) is 3.46. The molecule has 0 atom stereocenters. The van der Waals surface area contributed by atoms with Gasteiger partial charge in [-0.2, -0.15) is 5.10 Å². The van der Waals surface area contributed by atoms with Crippen molar-refractivity contribution in [1.82, 2.24) is 19.7 Å². The van der Waals surface area contributed by atoms with Crippen LogP contribution in [0.5, 0.6) is 0 Å². The summed E-state index contributed by atoms with van der Waals surface area (Å²) in [5.74, 6) is -1.34. The van der Waals surface area contributed by atoms with Gasteiger partial charge in [0.25, 0.3) is 0 Å². The zero-order chi connectivity index (χ0) is 13.8. The van der Waals surface area contributed by atoms with Gasteiger partial charge in [-0.3, -0.25) is 0 Å². The van der Waals surface area contributed by atoms with Crippen LogP contribution in [0.25, 0.3) is 5.82 Å². The molecule has 2 aromatic rings. The van der Waals surface area contributed by atoms with Crippen molar-refractivity contribution in [2.45, 2.75) is 6.92 Å². The van der Waals surface area contributed by atoms with E-state index in [1.54, 1.807) is 6.92 Å². The normalized spacial score (nSPS) is 10.2. The van der Waals surface area contributed by atoms with Crippen molar-refractivity contribution in [3.63, 3.8) is 0 Å². The van der Waals surface area contributed by atoms with Gasteiger partial charge in [0.1, 0.15) is 0 Å². The molecule has 8 nitrogen and oxygen atoms in total. The lowest BCUT2D eigenvalue weighted by molar-refractivity contribution is 0.0526. The van der Waals surface area contributed by atoms with E-state index in [1.165, 1.54) is 23.3 Å². The molecule has 0 aliphatic rings. The highest BCUT2D eigenvalue weighted by atomic mass is 16.5. The number of carboxylic acid groups (broad SMARTS) is 1. The van der Waals surface area contributed by atoms with Crippen LogP contribution < -0.4 is 0 Å². The lowest BCUT2D eigenvalue weighted by Gasteiger charge is -1.99. The third-order valence-electron chi connectivity index (χ3n) is 2.19. The second kappa shape index (κ2) is 5.25. The van der Waals surface area contributed by atoms with Crippen LogP contribution >= 0.6 is 0 Å². The molecule has 0 saturated carbocycles. The van der Waals surface area contributed by atoms with Crippen LogP contribution in [0.1, 0.15) is 27.8 Å². The zero-order valence-electron chi connectivity index (χ0n) is 9.98. The summed E-state index contributed by atoms with van der Waals surface area (Å²) < 4.78 is 6.13. The van der Waals surface area contributed by atoms with Crippen molar-refractivity contribution in [3.8, 4) is 5.82 Å². The van der Waals surface area contributed by atoms with E-state index in [-0.39, 0.29) is 17.9 Å². The van der Waals surface area contributed by atoms with Crippen LogP contribution in [-0.2, 0) is 4.74 Å². The van der Waals surface area contributed by atoms with E-state index in [0.717, 1.165) is 6.20 Å². The minimum atomic E-state index is -1.16. The number of aromatic nitrogens is 4. The van der Waals surface area contributed by atoms with Gasteiger partial charge in [-0.05, 0) is 6.92 Å². The maximum Gasteiger partial charge on any atom is 0.356 e. The highest BCUT2D eigenvalue weighted by Crippen LogP contribution is 2.06. The fourth-order valence-electron chi connectivity index (χ4n) is 1.32. The lowest BCUT2D eigenvalue weighted by Crippen LogP contribution is -2.05. The van der Waals surface area contributed by atoms with Crippen LogP contribution in [0.2, 0.25) is 0 Å². The van der Waals surface area contributed by atoms with Crippen molar-refractivity contribution in [2.75, 3.05) is 6.61 Å². The summed E-state index contributed by atoms with van der Waals surface area (Å²) in [6, 6.07) is 0. The van der Waals surface area contributed by atoms with Gasteiger partial charge in [0.2, 0.25) is 0 Å². The molecule has 2 rings (SSSR count). The summed E-state index contributed by atoms with van der Waals surface area (Å²) in [5, 5.41) is 12.6. The summed E-state index contributed by atoms with van der Waals surface area (Å²) in [4.78, 5) is 29.7. The molecule has 0 fully saturated rings. The Morgan fingerprint density at radius 2 is 2.11 bits per heavy atom. The Labute approximate surface area is 107 Å². The zero-order valence-corrected chi connectivity index (χ0v) is 9.98. The maximum absolute atomic E-state index is 11.4. The fourth-order valence-corrected chi connectivity index (χ4v) is 1.32. The SMILES string of the molecule is CCOC(=O)c1cnn(-c2cnc(C(=O)O)cn2)c1. The van der Waals surface area contributed by atoms with Gasteiger partial charge < -0.3 is 9.84 Å². The summed E-state index contributed by atoms with van der Waals surface area (Å²) in [6.45, 7) is 1.98. The number of nitrogens with zero attached hydrogens (tertiary/aromatic N) is 4. The number of ether oxygens (including phenoxy) is 1. The Kier molecular flexibility index (Phi) is 3.51. The Morgan fingerprint density at radius 3 is 2.68 bits per heavy atom. The Bertz CT molecular complexity index is 605. The van der Waals surface area contributed by atoms with Gasteiger partial charge in [0, 0.05) is 6.20 Å². The predicted octanol–water partition coefficient (Wildman–Crippen LogP) is 0.537. The molecule has 98 valence electrons. The summed E-state index contributed by atoms with van der Waals surface area (Å²) in [5.41, 5.74) is 0.118. The molecule has 0 spiro atoms. The molecular weight excluding hydrogens is 252 g/mol. The van der Waals surface area contributed by atoms with E-state index < -0.39 is 11.9 Å². The molecule has 0 unspecified atom stereocenters. The Morgan fingerprint density at radius 1 is 1.32 bits per heavy atom. The fraction of sp³-hybridized carbons (Fsp3) is 0.182. The first-order chi connectivity index (χ1) is 9.11. The third-order valence-corrected chi connectivity index (χ3v) is 2.19. The van der Waals surface area contributed by atoms with Gasteiger partial charge in [0.05, 0.1) is 30.8 Å². The Balaban J connectivity index is 2.23. The molecule has 2 aromatic heterocycles. The number of hydrogen-bond acceptors (Lipinski definition) is 6. The van der Waals surface area contributed by atoms with Crippen LogP contribution in [0.15, 0.2) is 24.8 Å². The number of carbonyl (C=O) groups is 2. The number of aromatic carboxylic acids is 1. The maximum atomic E-state index is 11.4. The summed E-state index contributed by atoms with van der Waals surface area (Å²) in [7, 11) is 0. The number of rotatable bonds is 4. The number of carboxylic acids is 1. The molecule has 0 bridgehead atoms. The van der Waals surface area contributed by atoms with E-state index in [0.29, 0.717) is 5.82 Å². The van der Waals surface area contributed by atoms with Crippen molar-refractivity contribution in [3.05, 3.63) is 36.0 Å². The molecular formula is C11H10N4O4. The molecule has 0 amide bonds. The molecule has 0 radical (unpaired) electrons. The smallest absolute Gasteiger partial charge is 0.356 e. The Hall–Kier alpha value is -2.77. The molecule has 1 N–H and O–H groups in total. The monoisotopic (exact) mass is 262 g/mol. The van der Waals surface area contributed by atoms with Crippen molar-refractivity contribution >= 4 is 11.9 Å². The topological polar surface area (TPSA) is 107 Å². The van der Waals surface area contributed by atoms with E-state index in [9.17, 15) is 9.59 Å². The highest BCUT2D eigenvalue weighted by molar-refractivity contribution is 5.88. The van der Waals surface area contributed by atoms with E-state index in [1.807, 2.05) is 0 Å². The van der Waals surface area contributed by atoms with Gasteiger partial charge in [-0.1, -0.05) is 0 Å². The largest absolute Gasteiger partial charge is 0.476 e. The average molecular weight is 262 g/mol. The second-order valence-electron chi connectivity index (χ2n) is 3.46. The van der Waals surface area contributed by atoms with Crippen molar-refractivity contribution in [1.29, 1.82) is 0 Å². The summed E-state index contributed by atoms with van der Waals surface area (Å²) >= 11 is 0. The lowest BCUT2D eigenvalue weighted by atomic mass is 10.4. The average Bonchev–Trinajstić information content (AvgIpc) is 2.89. The van der Waals surface area contributed by atoms with Crippen molar-refractivity contribution in [2.24, 2.45) is 0 Å². The molecule has 19 heavy (non-hydrogen) atoms. The standard InChI is InChI=1S/C11H10N4O4/c1-2-19-11(18)7-3-14-15(6-7)9-5-12-8(4-13-9)10(16)17/h3-6H,2H2,1H3,(H,16,17). The van der Waals surface area contributed by atoms with Crippen LogP contribution in [0.4, 0.5) is 0 Å². The quantitative estimate of drug-likeness (QED) is 0.801. The van der Waals surface area contributed by atoms with Gasteiger partial charge >= 0.3 is 11.9 Å². The van der Waals surface area contributed by atoms with E-state index >= 15 is 0 Å². The number of carbonyl (C=O) groups excluding carboxylic acids is 1. The molecule has 0 aliphatic carbocycles. The number of esters is 1. The summed E-state index contributed by atoms with van der Waals surface area (Å²) in [6.07, 6.45) is 5.14. The minimum Gasteiger partial charge on any atom is -0.476 e. The highest BCUT2D eigenvalue weighted by Gasteiger charge is 2.11. The predicted molar refractivity (Wildman–Crippen MR) is 62.1 cm³/mol. The first kappa shape index (κ1) is 12.7. The van der Waals surface area contributed by atoms with E-state index in [2.05, 4.69) is 15.1 Å². The van der Waals surface area contributed by atoms with Crippen LogP contribution in [0, 0.1) is 0 Å². The molecule has 8 heteroatoms. The van der Waals surface area contributed by atoms with Gasteiger partial charge in [-0.15, -0.1) is 0 Å². The van der Waals surface area contributed by atoms with E-state index in [4.69, 9.17) is 9.84 Å². The molecule has 2 heterocycles. The first-order valence-corrected chi connectivity index (χ1v) is 5.39. The first-order valence-electron chi connectivity index (χ1n) is 5.39. The molecule has 0 aromatic carbocycles. The van der Waals surface area contributed by atoms with Gasteiger partial charge in [-0.25, -0.2) is 24.2 Å². The molecule has 0 aliphatic heterocycles. The van der Waals surface area contributed by atoms with Gasteiger partial charge in [0.15, 0.2) is 11.5 Å². The van der Waals surface area contributed by atoms with Crippen LogP contribution in [-0.4, -0.2) is 43.4 Å². The van der Waals surface area contributed by atoms with Crippen LogP contribution in [0.3, 0.4) is 0 Å². The third kappa shape index (κ3) is 2.73. The number of hydrogen-bond donors (Lipinski definition) is 1. The van der Waals surface area contributed by atoms with Crippen molar-refractivity contribution < 1.29 is 19.4 Å². The minimum absolute atomic E-state index is 0.165.